The number of benzene rings is 1. The van der Waals surface area contributed by atoms with Crippen LogP contribution in [0.2, 0.25) is 0 Å². The van der Waals surface area contributed by atoms with Crippen molar-refractivity contribution in [3.63, 3.8) is 0 Å². The van der Waals surface area contributed by atoms with Crippen molar-refractivity contribution >= 4 is 11.8 Å². The predicted octanol–water partition coefficient (Wildman–Crippen LogP) is 2.02. The first kappa shape index (κ1) is 14.9. The van der Waals surface area contributed by atoms with Crippen LogP contribution < -0.4 is 0 Å². The largest absolute Gasteiger partial charge is 0.462 e. The Labute approximate surface area is 111 Å². The first-order valence-electron chi connectivity index (χ1n) is 5.81. The van der Waals surface area contributed by atoms with E-state index >= 15 is 0 Å². The normalized spacial score (nSPS) is 11.1. The van der Waals surface area contributed by atoms with Gasteiger partial charge in [-0.05, 0) is 19.1 Å². The Morgan fingerprint density at radius 1 is 1.37 bits per heavy atom. The fourth-order valence-electron chi connectivity index (χ4n) is 1.46. The number of ether oxygens (including phenoxy) is 1. The van der Waals surface area contributed by atoms with E-state index in [-0.39, 0.29) is 17.7 Å². The fourth-order valence-corrected chi connectivity index (χ4v) is 1.46. The topological polar surface area (TPSA) is 46.6 Å². The van der Waals surface area contributed by atoms with Crippen molar-refractivity contribution < 1.29 is 18.7 Å². The quantitative estimate of drug-likeness (QED) is 0.269. The van der Waals surface area contributed by atoms with Gasteiger partial charge in [-0.25, -0.2) is 9.18 Å². The number of halogens is 1. The number of ketones is 1. The Morgan fingerprint density at radius 2 is 2.05 bits per heavy atom. The molecule has 0 fully saturated rings. The molecule has 0 unspecified atom stereocenters. The highest BCUT2D eigenvalue weighted by molar-refractivity contribution is 6.24. The van der Waals surface area contributed by atoms with Crippen LogP contribution in [0.4, 0.5) is 4.39 Å². The minimum atomic E-state index is -0.717. The Morgan fingerprint density at radius 3 is 2.58 bits per heavy atom. The van der Waals surface area contributed by atoms with Crippen LogP contribution in [0.25, 0.3) is 0 Å². The molecule has 1 rings (SSSR count). The van der Waals surface area contributed by atoms with E-state index in [1.807, 2.05) is 0 Å². The van der Waals surface area contributed by atoms with E-state index < -0.39 is 17.6 Å². The summed E-state index contributed by atoms with van der Waals surface area (Å²) in [6.07, 6.45) is 1.37. The van der Waals surface area contributed by atoms with Gasteiger partial charge in [0, 0.05) is 25.9 Å². The fraction of sp³-hybridized carbons (Fsp3) is 0.286. The smallest absolute Gasteiger partial charge is 0.343 e. The summed E-state index contributed by atoms with van der Waals surface area (Å²) in [4.78, 5) is 25.5. The average molecular weight is 265 g/mol. The predicted molar refractivity (Wildman–Crippen MR) is 69.1 cm³/mol. The summed E-state index contributed by atoms with van der Waals surface area (Å²) >= 11 is 0. The third-order valence-corrected chi connectivity index (χ3v) is 2.21. The molecule has 1 aromatic carbocycles. The molecule has 0 aliphatic heterocycles. The number of carbonyl (C=O) groups is 2. The lowest BCUT2D eigenvalue weighted by Gasteiger charge is -2.10. The Hall–Kier alpha value is -2.17. The summed E-state index contributed by atoms with van der Waals surface area (Å²) < 4.78 is 17.9. The molecular formula is C14H16FNO3. The van der Waals surface area contributed by atoms with E-state index in [2.05, 4.69) is 0 Å². The van der Waals surface area contributed by atoms with E-state index in [0.717, 1.165) is 6.07 Å². The lowest BCUT2D eigenvalue weighted by Crippen LogP contribution is -2.19. The van der Waals surface area contributed by atoms with Crippen molar-refractivity contribution in [3.8, 4) is 0 Å². The highest BCUT2D eigenvalue weighted by Crippen LogP contribution is 2.12. The molecule has 0 radical (unpaired) electrons. The molecule has 0 saturated heterocycles. The van der Waals surface area contributed by atoms with Crippen LogP contribution in [0.15, 0.2) is 36.0 Å². The molecule has 0 aliphatic carbocycles. The SMILES string of the molecule is CCOC(=O)/C(=C/N(C)C)C(=O)c1cccc(F)c1. The van der Waals surface area contributed by atoms with E-state index in [1.54, 1.807) is 25.9 Å². The minimum absolute atomic E-state index is 0.112. The maximum Gasteiger partial charge on any atom is 0.343 e. The molecule has 5 heteroatoms. The van der Waals surface area contributed by atoms with Crippen molar-refractivity contribution in [2.24, 2.45) is 0 Å². The number of carbonyl (C=O) groups excluding carboxylic acids is 2. The molecule has 19 heavy (non-hydrogen) atoms. The van der Waals surface area contributed by atoms with Crippen LogP contribution in [0.3, 0.4) is 0 Å². The summed E-state index contributed by atoms with van der Waals surface area (Å²) in [6, 6.07) is 5.19. The zero-order valence-electron chi connectivity index (χ0n) is 11.1. The van der Waals surface area contributed by atoms with Crippen molar-refractivity contribution in [1.82, 2.24) is 4.90 Å². The van der Waals surface area contributed by atoms with E-state index in [4.69, 9.17) is 4.74 Å². The molecule has 102 valence electrons. The van der Waals surface area contributed by atoms with E-state index in [9.17, 15) is 14.0 Å². The molecule has 0 atom stereocenters. The van der Waals surface area contributed by atoms with Crippen LogP contribution in [-0.2, 0) is 9.53 Å². The molecule has 0 N–H and O–H groups in total. The third-order valence-electron chi connectivity index (χ3n) is 2.21. The monoisotopic (exact) mass is 265 g/mol. The van der Waals surface area contributed by atoms with E-state index in [1.165, 1.54) is 24.4 Å². The van der Waals surface area contributed by atoms with Crippen molar-refractivity contribution in [3.05, 3.63) is 47.4 Å². The highest BCUT2D eigenvalue weighted by atomic mass is 19.1. The van der Waals surface area contributed by atoms with Crippen LogP contribution >= 0.6 is 0 Å². The number of nitrogens with zero attached hydrogens (tertiary/aromatic N) is 1. The molecule has 0 heterocycles. The zero-order valence-corrected chi connectivity index (χ0v) is 11.1. The van der Waals surface area contributed by atoms with Crippen molar-refractivity contribution in [2.75, 3.05) is 20.7 Å². The van der Waals surface area contributed by atoms with Crippen LogP contribution in [-0.4, -0.2) is 37.4 Å². The average Bonchev–Trinajstić information content (AvgIpc) is 2.35. The number of Topliss-reactive ketones (excluding diaryl/α,β-unsaturated/α-hetero) is 1. The number of hydrogen-bond donors (Lipinski definition) is 0. The van der Waals surface area contributed by atoms with Gasteiger partial charge >= 0.3 is 5.97 Å². The van der Waals surface area contributed by atoms with Gasteiger partial charge in [-0.1, -0.05) is 12.1 Å². The Kier molecular flexibility index (Phi) is 5.23. The van der Waals surface area contributed by atoms with Gasteiger partial charge in [-0.3, -0.25) is 4.79 Å². The lowest BCUT2D eigenvalue weighted by atomic mass is 10.0. The lowest BCUT2D eigenvalue weighted by molar-refractivity contribution is -0.138. The molecule has 0 bridgehead atoms. The summed E-state index contributed by atoms with van der Waals surface area (Å²) in [5.41, 5.74) is -0.0152. The van der Waals surface area contributed by atoms with Gasteiger partial charge in [0.2, 0.25) is 5.78 Å². The molecule has 0 aromatic heterocycles. The Balaban J connectivity index is 3.12. The van der Waals surface area contributed by atoms with Crippen molar-refractivity contribution in [1.29, 1.82) is 0 Å². The summed E-state index contributed by atoms with van der Waals surface area (Å²) in [7, 11) is 3.36. The van der Waals surface area contributed by atoms with Crippen LogP contribution in [0.1, 0.15) is 17.3 Å². The second kappa shape index (κ2) is 6.68. The molecular weight excluding hydrogens is 249 g/mol. The van der Waals surface area contributed by atoms with Gasteiger partial charge in [0.05, 0.1) is 6.61 Å². The standard InChI is InChI=1S/C14H16FNO3/c1-4-19-14(18)12(9-16(2)3)13(17)10-6-5-7-11(15)8-10/h5-9H,4H2,1-3H3/b12-9+. The van der Waals surface area contributed by atoms with Crippen molar-refractivity contribution in [2.45, 2.75) is 6.92 Å². The van der Waals surface area contributed by atoms with Gasteiger partial charge in [0.15, 0.2) is 0 Å². The minimum Gasteiger partial charge on any atom is -0.462 e. The van der Waals surface area contributed by atoms with Gasteiger partial charge in [0.1, 0.15) is 11.4 Å². The number of hydrogen-bond acceptors (Lipinski definition) is 4. The second-order valence-electron chi connectivity index (χ2n) is 4.07. The zero-order chi connectivity index (χ0) is 14.4. The molecule has 0 aliphatic rings. The van der Waals surface area contributed by atoms with E-state index in [0.29, 0.717) is 0 Å². The van der Waals surface area contributed by atoms with Gasteiger partial charge in [-0.15, -0.1) is 0 Å². The highest BCUT2D eigenvalue weighted by Gasteiger charge is 2.21. The second-order valence-corrected chi connectivity index (χ2v) is 4.07. The first-order chi connectivity index (χ1) is 8.95. The maximum absolute atomic E-state index is 13.1. The number of esters is 1. The molecule has 0 saturated carbocycles. The van der Waals surface area contributed by atoms with Gasteiger partial charge in [-0.2, -0.15) is 0 Å². The van der Waals surface area contributed by atoms with Gasteiger partial charge in [0.25, 0.3) is 0 Å². The van der Waals surface area contributed by atoms with Crippen LogP contribution in [0, 0.1) is 5.82 Å². The van der Waals surface area contributed by atoms with Gasteiger partial charge < -0.3 is 9.64 Å². The third kappa shape index (κ3) is 4.21. The summed E-state index contributed by atoms with van der Waals surface area (Å²) in [5, 5.41) is 0. The summed E-state index contributed by atoms with van der Waals surface area (Å²) in [5.74, 6) is -1.81. The van der Waals surface area contributed by atoms with Crippen LogP contribution in [0.5, 0.6) is 0 Å². The first-order valence-corrected chi connectivity index (χ1v) is 5.81. The Bertz CT molecular complexity index is 509. The molecule has 1 aromatic rings. The molecule has 0 spiro atoms. The molecule has 0 amide bonds. The summed E-state index contributed by atoms with van der Waals surface area (Å²) in [6.45, 7) is 1.82. The maximum atomic E-state index is 13.1. The number of rotatable bonds is 5. The molecule has 4 nitrogen and oxygen atoms in total.